The zero-order chi connectivity index (χ0) is 37.0. The average Bonchev–Trinajstić information content (AvgIpc) is 3.03. The second-order valence-corrected chi connectivity index (χ2v) is 14.9. The average molecular weight is 840 g/mol. The molecule has 0 saturated heterocycles. The van der Waals surface area contributed by atoms with Crippen molar-refractivity contribution < 1.29 is 137 Å². The predicted octanol–water partition coefficient (Wildman–Crippen LogP) is -7.32. The van der Waals surface area contributed by atoms with Crippen LogP contribution in [0.3, 0.4) is 0 Å². The third kappa shape index (κ3) is 9.69. The van der Waals surface area contributed by atoms with E-state index in [1.165, 1.54) is 42.5 Å². The topological polar surface area (TPSA) is 313 Å². The molecule has 0 atom stereocenters. The van der Waals surface area contributed by atoms with Gasteiger partial charge < -0.3 is 29.7 Å². The summed E-state index contributed by atoms with van der Waals surface area (Å²) in [6.45, 7) is 0. The van der Waals surface area contributed by atoms with Gasteiger partial charge in [0.05, 0.1) is 48.6 Å². The van der Waals surface area contributed by atoms with Crippen molar-refractivity contribution in [2.45, 2.75) is 14.7 Å². The number of H-pyrrole nitrogens is 2. The number of aromatic amines is 2. The molecule has 6 rings (SSSR count). The van der Waals surface area contributed by atoms with Crippen LogP contribution in [0.5, 0.6) is 0 Å². The van der Waals surface area contributed by atoms with Crippen LogP contribution in [0.4, 0.5) is 28.4 Å². The van der Waals surface area contributed by atoms with Crippen LogP contribution in [0.25, 0.3) is 0 Å². The van der Waals surface area contributed by atoms with E-state index in [-0.39, 0.29) is 128 Å². The Bertz CT molecular complexity index is 2850. The molecule has 0 fully saturated rings. The van der Waals surface area contributed by atoms with Gasteiger partial charge in [-0.2, -0.15) is 4.98 Å². The van der Waals surface area contributed by atoms with Crippen LogP contribution in [-0.4, -0.2) is 65.4 Å². The Morgan fingerprint density at radius 3 is 1.91 bits per heavy atom. The second kappa shape index (κ2) is 17.3. The fourth-order valence-corrected chi connectivity index (χ4v) is 7.04. The van der Waals surface area contributed by atoms with Crippen LogP contribution in [0.2, 0.25) is 5.28 Å². The van der Waals surface area contributed by atoms with Crippen LogP contribution >= 0.6 is 11.6 Å². The van der Waals surface area contributed by atoms with E-state index >= 15 is 0 Å². The van der Waals surface area contributed by atoms with Crippen molar-refractivity contribution in [1.29, 1.82) is 0 Å². The molecule has 1 aliphatic carbocycles. The zero-order valence-corrected chi connectivity index (χ0v) is 37.1. The van der Waals surface area contributed by atoms with Gasteiger partial charge in [0.1, 0.15) is 30.4 Å². The van der Waals surface area contributed by atoms with Gasteiger partial charge in [-0.05, 0) is 54.1 Å². The number of nitrogen functional groups attached to an aromatic ring is 1. The summed E-state index contributed by atoms with van der Waals surface area (Å²) in [7, 11) is -15.5. The number of ketones is 2. The van der Waals surface area contributed by atoms with E-state index in [0.29, 0.717) is 0 Å². The minimum absolute atomic E-state index is 0. The van der Waals surface area contributed by atoms with Crippen LogP contribution < -0.4 is 111 Å². The molecule has 1 aromatic heterocycles. The van der Waals surface area contributed by atoms with Crippen molar-refractivity contribution in [2.75, 3.05) is 11.1 Å². The molecule has 5 aromatic rings. The van der Waals surface area contributed by atoms with Crippen LogP contribution in [0.1, 0.15) is 31.8 Å². The standard InChI is InChI=1S/C29H20ClN7O11S3.3Na/c30-27-35-28(33-13-4-3-5-15(10-13)49(40,41)42)37-29(36-27)34-18-9-8-14(11-20(18)50(43,44)45)32-19-12-21(51(46,47)48)24(31)23-22(19)25(38)16-6-1-2-7-17(16)26(23)39;;;/h1-12,32H,31H2,(H,40,41,42)(H,43,44,45)(H,46,47,48)(H2,33,34,35,36,37);;;/q;3*+1/p-3. The number of hydrogen-bond acceptors (Lipinski definition) is 16. The van der Waals surface area contributed by atoms with Gasteiger partial charge in [0.25, 0.3) is 0 Å². The zero-order valence-electron chi connectivity index (χ0n) is 27.9. The van der Waals surface area contributed by atoms with E-state index in [4.69, 9.17) is 17.3 Å². The molecule has 4 aromatic carbocycles. The molecule has 1 aliphatic rings. The van der Waals surface area contributed by atoms with Crippen molar-refractivity contribution in [1.82, 2.24) is 15.0 Å². The summed E-state index contributed by atoms with van der Waals surface area (Å²) in [5.74, 6) is -1.61. The maximum Gasteiger partial charge on any atom is 1.00 e. The van der Waals surface area contributed by atoms with Crippen molar-refractivity contribution in [3.05, 3.63) is 112 Å². The number of carbonyl (C=O) groups excluding carboxylic acids is 2. The molecule has 25 heteroatoms. The molecule has 18 nitrogen and oxygen atoms in total. The summed E-state index contributed by atoms with van der Waals surface area (Å²) in [6, 6.07) is 13.9. The summed E-state index contributed by atoms with van der Waals surface area (Å²) in [6.07, 6.45) is 0. The molecule has 0 aliphatic heterocycles. The first-order valence-electron chi connectivity index (χ1n) is 13.8. The maximum absolute atomic E-state index is 13.6. The molecule has 0 amide bonds. The first kappa shape index (κ1) is 45.8. The number of nitrogens with zero attached hydrogens (tertiary/aromatic N) is 3. The number of fused-ring (bicyclic) bond motifs is 2. The summed E-state index contributed by atoms with van der Waals surface area (Å²) in [5, 5.41) is 2.27. The van der Waals surface area contributed by atoms with E-state index in [1.807, 2.05) is 0 Å². The van der Waals surface area contributed by atoms with Crippen molar-refractivity contribution in [3.63, 3.8) is 0 Å². The van der Waals surface area contributed by atoms with Crippen LogP contribution in [0, 0.1) is 0 Å². The number of anilines is 3. The molecule has 54 heavy (non-hydrogen) atoms. The van der Waals surface area contributed by atoms with Gasteiger partial charge in [0, 0.05) is 16.8 Å². The molecule has 1 heterocycles. The monoisotopic (exact) mass is 839 g/mol. The van der Waals surface area contributed by atoms with Crippen molar-refractivity contribution >= 4 is 82.0 Å². The van der Waals surface area contributed by atoms with Gasteiger partial charge >= 0.3 is 88.7 Å². The minimum Gasteiger partial charge on any atom is -0.744 e. The largest absolute Gasteiger partial charge is 1.00 e. The van der Waals surface area contributed by atoms with E-state index < -0.39 is 84.8 Å². The number of nitrogens with one attached hydrogen (secondary N) is 3. The van der Waals surface area contributed by atoms with E-state index in [2.05, 4.69) is 30.3 Å². The molecule has 0 saturated carbocycles. The van der Waals surface area contributed by atoms with Gasteiger partial charge in [-0.25, -0.2) is 35.2 Å². The molecule has 5 N–H and O–H groups in total. The summed E-state index contributed by atoms with van der Waals surface area (Å²) in [4.78, 5) is 41.5. The summed E-state index contributed by atoms with van der Waals surface area (Å²) < 4.78 is 108. The molecule has 0 spiro atoms. The number of aromatic nitrogens is 3. The van der Waals surface area contributed by atoms with Gasteiger partial charge in [0.15, 0.2) is 11.6 Å². The molecule has 0 unspecified atom stereocenters. The Morgan fingerprint density at radius 2 is 1.31 bits per heavy atom. The van der Waals surface area contributed by atoms with E-state index in [1.54, 1.807) is 0 Å². The van der Waals surface area contributed by atoms with Crippen molar-refractivity contribution in [2.24, 2.45) is 9.98 Å². The maximum atomic E-state index is 13.6. The van der Waals surface area contributed by atoms with Crippen LogP contribution in [-0.2, 0) is 30.4 Å². The van der Waals surface area contributed by atoms with Gasteiger partial charge in [-0.15, -0.1) is 0 Å². The number of halogens is 1. The third-order valence-corrected chi connectivity index (χ3v) is 9.96. The fraction of sp³-hybridized carbons (Fsp3) is 0. The molecule has 0 bridgehead atoms. The normalized spacial score (nSPS) is 13.2. The number of rotatable bonds is 7. The molecular weight excluding hydrogens is 823 g/mol. The quantitative estimate of drug-likeness (QED) is 0.0660. The Labute approximate surface area is 376 Å². The Kier molecular flexibility index (Phi) is 14.7. The summed E-state index contributed by atoms with van der Waals surface area (Å²) in [5.41, 5.74) is 2.32. The molecule has 0 radical (unpaired) electrons. The Morgan fingerprint density at radius 1 is 0.704 bits per heavy atom. The number of hydrogen-bond donors (Lipinski definition) is 4. The SMILES string of the molecule is Nc1c(S(=O)(=O)[O-])cc(Nc2ccc(N=c3[nH]c(Cl)nc(=Nc4cccc(S(=O)(=O)[O-])c4)[nH]3)c(S(=O)(=O)[O-])c2)c2c1C(=O)c1ccccc1C2=O.[Na+].[Na+].[Na+]. The Hall–Kier alpha value is -2.55. The van der Waals surface area contributed by atoms with Crippen LogP contribution in [0.15, 0.2) is 97.5 Å². The number of nitrogens with two attached hydrogens (primary N) is 1. The minimum atomic E-state index is -5.33. The smallest absolute Gasteiger partial charge is 0.744 e. The van der Waals surface area contributed by atoms with E-state index in [0.717, 1.165) is 30.3 Å². The number of benzene rings is 4. The van der Waals surface area contributed by atoms with Gasteiger partial charge in [0.2, 0.25) is 16.5 Å². The fourth-order valence-electron chi connectivity index (χ4n) is 5.08. The van der Waals surface area contributed by atoms with E-state index in [9.17, 15) is 48.5 Å². The van der Waals surface area contributed by atoms with Gasteiger partial charge in [-0.3, -0.25) is 14.6 Å². The molecule has 262 valence electrons. The molecular formula is C29H17ClN7Na3O11S3. The van der Waals surface area contributed by atoms with Gasteiger partial charge in [-0.1, -0.05) is 30.3 Å². The summed E-state index contributed by atoms with van der Waals surface area (Å²) >= 11 is 6.03. The predicted molar refractivity (Wildman–Crippen MR) is 173 cm³/mol. The number of carbonyl (C=O) groups is 2. The third-order valence-electron chi connectivity index (χ3n) is 7.21. The first-order valence-corrected chi connectivity index (χ1v) is 18.4. The Balaban J connectivity index is 0.00000261. The van der Waals surface area contributed by atoms with Crippen molar-refractivity contribution in [3.8, 4) is 0 Å². The second-order valence-electron chi connectivity index (χ2n) is 10.5. The first-order chi connectivity index (χ1) is 23.8.